The normalized spacial score (nSPS) is 19.3. The largest absolute Gasteiger partial charge is 0.355 e. The van der Waals surface area contributed by atoms with E-state index in [1.807, 2.05) is 0 Å². The maximum atomic E-state index is 12.7. The Morgan fingerprint density at radius 1 is 1.17 bits per heavy atom. The van der Waals surface area contributed by atoms with Gasteiger partial charge in [0.2, 0.25) is 11.8 Å². The van der Waals surface area contributed by atoms with Crippen LogP contribution in [0.2, 0.25) is 0 Å². The molecule has 1 aliphatic rings. The van der Waals surface area contributed by atoms with E-state index in [1.165, 1.54) is 12.1 Å². The zero-order chi connectivity index (χ0) is 16.9. The Hall–Kier alpha value is -1.96. The Morgan fingerprint density at radius 3 is 2.48 bits per heavy atom. The second-order valence-electron chi connectivity index (χ2n) is 5.57. The highest BCUT2D eigenvalue weighted by Crippen LogP contribution is 2.11. The summed E-state index contributed by atoms with van der Waals surface area (Å²) in [7, 11) is -3.06. The number of nitrogens with one attached hydrogen (secondary N) is 2. The zero-order valence-electron chi connectivity index (χ0n) is 12.5. The molecule has 2 N–H and O–H groups in total. The number of hydrogen-bond donors (Lipinski definition) is 2. The van der Waals surface area contributed by atoms with Gasteiger partial charge in [0.25, 0.3) is 0 Å². The van der Waals surface area contributed by atoms with Crippen molar-refractivity contribution in [1.29, 1.82) is 0 Å². The summed E-state index contributed by atoms with van der Waals surface area (Å²) in [5, 5.41) is 5.17. The maximum Gasteiger partial charge on any atom is 0.229 e. The second kappa shape index (κ2) is 7.54. The molecule has 2 rings (SSSR count). The van der Waals surface area contributed by atoms with Gasteiger partial charge in [0.05, 0.1) is 11.5 Å². The van der Waals surface area contributed by atoms with Crippen molar-refractivity contribution in [1.82, 2.24) is 10.6 Å². The first-order valence-electron chi connectivity index (χ1n) is 7.35. The van der Waals surface area contributed by atoms with E-state index in [9.17, 15) is 22.4 Å². The summed E-state index contributed by atoms with van der Waals surface area (Å²) >= 11 is 0. The Morgan fingerprint density at radius 2 is 1.87 bits per heavy atom. The minimum atomic E-state index is -3.06. The van der Waals surface area contributed by atoms with E-state index in [4.69, 9.17) is 0 Å². The SMILES string of the molecule is O=C(CC(=O)NC1CCS(=O)(=O)C1)NCCc1ccc(F)cc1. The zero-order valence-corrected chi connectivity index (χ0v) is 13.4. The van der Waals surface area contributed by atoms with Crippen LogP contribution in [-0.2, 0) is 25.8 Å². The molecule has 0 radical (unpaired) electrons. The molecule has 0 aliphatic carbocycles. The molecular weight excluding hydrogens is 323 g/mol. The fraction of sp³-hybridized carbons (Fsp3) is 0.467. The molecule has 1 unspecified atom stereocenters. The van der Waals surface area contributed by atoms with Gasteiger partial charge in [0.15, 0.2) is 9.84 Å². The first-order chi connectivity index (χ1) is 10.8. The maximum absolute atomic E-state index is 12.7. The lowest BCUT2D eigenvalue weighted by molar-refractivity contribution is -0.129. The molecule has 0 spiro atoms. The van der Waals surface area contributed by atoms with Crippen LogP contribution in [0.3, 0.4) is 0 Å². The molecule has 23 heavy (non-hydrogen) atoms. The van der Waals surface area contributed by atoms with E-state index in [2.05, 4.69) is 10.6 Å². The van der Waals surface area contributed by atoms with Crippen LogP contribution >= 0.6 is 0 Å². The number of amides is 2. The van der Waals surface area contributed by atoms with Crippen LogP contribution in [-0.4, -0.2) is 44.3 Å². The number of benzene rings is 1. The van der Waals surface area contributed by atoms with Crippen molar-refractivity contribution in [3.8, 4) is 0 Å². The predicted octanol–water partition coefficient (Wildman–Crippen LogP) is 0.178. The summed E-state index contributed by atoms with van der Waals surface area (Å²) < 4.78 is 35.3. The van der Waals surface area contributed by atoms with Gasteiger partial charge >= 0.3 is 0 Å². The van der Waals surface area contributed by atoms with Gasteiger partial charge in [-0.2, -0.15) is 0 Å². The topological polar surface area (TPSA) is 92.3 Å². The van der Waals surface area contributed by atoms with Crippen LogP contribution in [0.1, 0.15) is 18.4 Å². The molecule has 0 aromatic heterocycles. The van der Waals surface area contributed by atoms with Gasteiger partial charge in [0.1, 0.15) is 12.2 Å². The molecule has 1 aliphatic heterocycles. The van der Waals surface area contributed by atoms with Crippen LogP contribution in [0.25, 0.3) is 0 Å². The molecule has 8 heteroatoms. The van der Waals surface area contributed by atoms with Crippen molar-refractivity contribution in [3.05, 3.63) is 35.6 Å². The third-order valence-electron chi connectivity index (χ3n) is 3.57. The average Bonchev–Trinajstić information content (AvgIpc) is 2.79. The lowest BCUT2D eigenvalue weighted by Gasteiger charge is -2.11. The minimum Gasteiger partial charge on any atom is -0.355 e. The fourth-order valence-electron chi connectivity index (χ4n) is 2.39. The molecule has 6 nitrogen and oxygen atoms in total. The van der Waals surface area contributed by atoms with Crippen LogP contribution < -0.4 is 10.6 Å². The lowest BCUT2D eigenvalue weighted by Crippen LogP contribution is -2.39. The van der Waals surface area contributed by atoms with E-state index in [1.54, 1.807) is 12.1 Å². The third-order valence-corrected chi connectivity index (χ3v) is 5.34. The van der Waals surface area contributed by atoms with Crippen molar-refractivity contribution < 1.29 is 22.4 Å². The molecule has 1 aromatic carbocycles. The van der Waals surface area contributed by atoms with E-state index in [0.717, 1.165) is 5.56 Å². The summed E-state index contributed by atoms with van der Waals surface area (Å²) in [5.41, 5.74) is 0.882. The Balaban J connectivity index is 1.66. The third kappa shape index (κ3) is 5.97. The Labute approximate surface area is 134 Å². The van der Waals surface area contributed by atoms with E-state index >= 15 is 0 Å². The highest BCUT2D eigenvalue weighted by atomic mass is 32.2. The van der Waals surface area contributed by atoms with Crippen LogP contribution in [0.5, 0.6) is 0 Å². The fourth-order valence-corrected chi connectivity index (χ4v) is 4.07. The van der Waals surface area contributed by atoms with Gasteiger partial charge < -0.3 is 10.6 Å². The summed E-state index contributed by atoms with van der Waals surface area (Å²) in [6.07, 6.45) is 0.592. The highest BCUT2D eigenvalue weighted by molar-refractivity contribution is 7.91. The van der Waals surface area contributed by atoms with Crippen LogP contribution in [0.4, 0.5) is 4.39 Å². The van der Waals surface area contributed by atoms with Gasteiger partial charge in [-0.25, -0.2) is 12.8 Å². The number of hydrogen-bond acceptors (Lipinski definition) is 4. The molecule has 1 fully saturated rings. The van der Waals surface area contributed by atoms with Crippen molar-refractivity contribution >= 4 is 21.7 Å². The second-order valence-corrected chi connectivity index (χ2v) is 7.80. The van der Waals surface area contributed by atoms with Gasteiger partial charge in [-0.1, -0.05) is 12.1 Å². The first-order valence-corrected chi connectivity index (χ1v) is 9.17. The molecular formula is C15H19FN2O4S. The monoisotopic (exact) mass is 342 g/mol. The quantitative estimate of drug-likeness (QED) is 0.721. The van der Waals surface area contributed by atoms with Gasteiger partial charge in [-0.05, 0) is 30.5 Å². The molecule has 0 saturated carbocycles. The molecule has 1 saturated heterocycles. The van der Waals surface area contributed by atoms with E-state index in [-0.39, 0.29) is 23.7 Å². The Bertz CT molecular complexity index is 673. The average molecular weight is 342 g/mol. The number of carbonyl (C=O) groups is 2. The van der Waals surface area contributed by atoms with Crippen molar-refractivity contribution in [2.75, 3.05) is 18.1 Å². The minimum absolute atomic E-state index is 0.0646. The number of halogens is 1. The van der Waals surface area contributed by atoms with Crippen molar-refractivity contribution in [3.63, 3.8) is 0 Å². The smallest absolute Gasteiger partial charge is 0.229 e. The number of carbonyl (C=O) groups excluding carboxylic acids is 2. The van der Waals surface area contributed by atoms with Gasteiger partial charge in [0, 0.05) is 12.6 Å². The molecule has 1 heterocycles. The molecule has 1 atom stereocenters. The number of sulfone groups is 1. The predicted molar refractivity (Wildman–Crippen MR) is 82.9 cm³/mol. The van der Waals surface area contributed by atoms with Gasteiger partial charge in [-0.15, -0.1) is 0 Å². The van der Waals surface area contributed by atoms with E-state index < -0.39 is 27.7 Å². The van der Waals surface area contributed by atoms with Crippen LogP contribution in [0.15, 0.2) is 24.3 Å². The molecule has 126 valence electrons. The van der Waals surface area contributed by atoms with Crippen LogP contribution in [0, 0.1) is 5.82 Å². The molecule has 0 bridgehead atoms. The summed E-state index contributed by atoms with van der Waals surface area (Å²) in [4.78, 5) is 23.3. The highest BCUT2D eigenvalue weighted by Gasteiger charge is 2.29. The summed E-state index contributed by atoms with van der Waals surface area (Å²) in [6.45, 7) is 0.343. The first kappa shape index (κ1) is 17.4. The number of rotatable bonds is 6. The van der Waals surface area contributed by atoms with Gasteiger partial charge in [-0.3, -0.25) is 9.59 Å². The van der Waals surface area contributed by atoms with E-state index in [0.29, 0.717) is 19.4 Å². The standard InChI is InChI=1S/C15H19FN2O4S/c16-12-3-1-11(2-4-12)5-7-17-14(19)9-15(20)18-13-6-8-23(21,22)10-13/h1-4,13H,5-10H2,(H,17,19)(H,18,20). The Kier molecular flexibility index (Phi) is 5.70. The van der Waals surface area contributed by atoms with Crippen molar-refractivity contribution in [2.45, 2.75) is 25.3 Å². The molecule has 2 amide bonds. The molecule has 1 aromatic rings. The van der Waals surface area contributed by atoms with Crippen molar-refractivity contribution in [2.24, 2.45) is 0 Å². The summed E-state index contributed by atoms with van der Waals surface area (Å²) in [5.74, 6) is -1.22. The lowest BCUT2D eigenvalue weighted by atomic mass is 10.1. The summed E-state index contributed by atoms with van der Waals surface area (Å²) in [6, 6.07) is 5.56.